The highest BCUT2D eigenvalue weighted by molar-refractivity contribution is 8.26. The molecule has 1 saturated carbocycles. The van der Waals surface area contributed by atoms with Crippen molar-refractivity contribution in [2.24, 2.45) is 5.92 Å². The van der Waals surface area contributed by atoms with Crippen LogP contribution < -0.4 is 4.74 Å². The quantitative estimate of drug-likeness (QED) is 0.487. The molecule has 0 radical (unpaired) electrons. The Kier molecular flexibility index (Phi) is 6.20. The van der Waals surface area contributed by atoms with Crippen LogP contribution in [0.2, 0.25) is 0 Å². The number of hydrogen-bond acceptors (Lipinski definition) is 5. The first-order valence-electron chi connectivity index (χ1n) is 9.78. The van der Waals surface area contributed by atoms with Gasteiger partial charge in [-0.25, -0.2) is 4.79 Å². The van der Waals surface area contributed by atoms with Gasteiger partial charge in [-0.2, -0.15) is 0 Å². The third-order valence-corrected chi connectivity index (χ3v) is 6.36. The minimum absolute atomic E-state index is 0.195. The van der Waals surface area contributed by atoms with Crippen molar-refractivity contribution in [1.82, 2.24) is 4.90 Å². The summed E-state index contributed by atoms with van der Waals surface area (Å²) in [4.78, 5) is 26.6. The number of benzene rings is 2. The lowest BCUT2D eigenvalue weighted by molar-refractivity contribution is -0.145. The Balaban J connectivity index is 1.52. The number of thioether (sulfide) groups is 1. The molecule has 2 aromatic rings. The fourth-order valence-corrected chi connectivity index (χ4v) is 4.58. The predicted octanol–water partition coefficient (Wildman–Crippen LogP) is 4.37. The van der Waals surface area contributed by atoms with Gasteiger partial charge in [-0.05, 0) is 48.1 Å². The molecule has 1 amide bonds. The summed E-state index contributed by atoms with van der Waals surface area (Å²) < 4.78 is 6.07. The van der Waals surface area contributed by atoms with Crippen LogP contribution in [-0.2, 0) is 16.0 Å². The van der Waals surface area contributed by atoms with Gasteiger partial charge in [0.2, 0.25) is 0 Å². The fraction of sp³-hybridized carbons (Fsp3) is 0.261. The van der Waals surface area contributed by atoms with Crippen LogP contribution in [0.1, 0.15) is 24.0 Å². The Morgan fingerprint density at radius 1 is 1.23 bits per heavy atom. The summed E-state index contributed by atoms with van der Waals surface area (Å²) in [6.45, 7) is 0.714. The number of rotatable bonds is 8. The van der Waals surface area contributed by atoms with Gasteiger partial charge in [0, 0.05) is 6.42 Å². The molecule has 7 heteroatoms. The first-order chi connectivity index (χ1) is 14.5. The summed E-state index contributed by atoms with van der Waals surface area (Å²) >= 11 is 6.50. The van der Waals surface area contributed by atoms with E-state index in [0.29, 0.717) is 17.4 Å². The highest BCUT2D eigenvalue weighted by Crippen LogP contribution is 2.35. The normalized spacial score (nSPS) is 18.7. The Hall–Kier alpha value is -2.64. The van der Waals surface area contributed by atoms with Gasteiger partial charge in [0.1, 0.15) is 16.1 Å². The van der Waals surface area contributed by atoms with Crippen LogP contribution in [0, 0.1) is 5.92 Å². The molecule has 0 bridgehead atoms. The van der Waals surface area contributed by atoms with E-state index in [0.717, 1.165) is 28.6 Å². The van der Waals surface area contributed by atoms with Gasteiger partial charge in [-0.3, -0.25) is 9.69 Å². The third kappa shape index (κ3) is 4.91. The first-order valence-corrected chi connectivity index (χ1v) is 11.0. The molecule has 5 nitrogen and oxygen atoms in total. The summed E-state index contributed by atoms with van der Waals surface area (Å²) in [6.07, 6.45) is 4.37. The molecular formula is C23H21NO4S2. The van der Waals surface area contributed by atoms with Gasteiger partial charge in [0.25, 0.3) is 5.91 Å². The number of nitrogens with zero attached hydrogens (tertiary/aromatic N) is 1. The van der Waals surface area contributed by atoms with Crippen molar-refractivity contribution < 1.29 is 19.4 Å². The zero-order valence-electron chi connectivity index (χ0n) is 16.2. The number of thiocarbonyl (C=S) groups is 1. The van der Waals surface area contributed by atoms with E-state index in [4.69, 9.17) is 17.0 Å². The molecule has 0 spiro atoms. The number of carbonyl (C=O) groups is 2. The number of ether oxygens (including phenoxy) is 1. The number of aliphatic carboxylic acids is 1. The Bertz CT molecular complexity index is 1000. The second-order valence-corrected chi connectivity index (χ2v) is 9.10. The van der Waals surface area contributed by atoms with Crippen LogP contribution in [0.15, 0.2) is 59.5 Å². The van der Waals surface area contributed by atoms with Crippen LogP contribution in [0.4, 0.5) is 0 Å². The molecule has 1 aliphatic carbocycles. The van der Waals surface area contributed by atoms with Crippen LogP contribution in [0.3, 0.4) is 0 Å². The highest BCUT2D eigenvalue weighted by Gasteiger charge is 2.40. The SMILES string of the molecule is O=C(O)[C@H](Cc1ccccc1)N1C(=O)/C(=C/c2cccc(OCC3CC3)c2)SC1=S. The van der Waals surface area contributed by atoms with Crippen molar-refractivity contribution in [3.63, 3.8) is 0 Å². The van der Waals surface area contributed by atoms with E-state index in [-0.39, 0.29) is 16.6 Å². The number of amides is 1. The Morgan fingerprint density at radius 2 is 2.00 bits per heavy atom. The Labute approximate surface area is 184 Å². The van der Waals surface area contributed by atoms with E-state index in [9.17, 15) is 14.7 Å². The van der Waals surface area contributed by atoms with Crippen molar-refractivity contribution in [2.75, 3.05) is 6.61 Å². The van der Waals surface area contributed by atoms with Crippen molar-refractivity contribution in [2.45, 2.75) is 25.3 Å². The molecule has 2 fully saturated rings. The zero-order valence-corrected chi connectivity index (χ0v) is 17.8. The molecule has 2 aliphatic rings. The fourth-order valence-electron chi connectivity index (χ4n) is 3.22. The zero-order chi connectivity index (χ0) is 21.1. The maximum atomic E-state index is 13.0. The summed E-state index contributed by atoms with van der Waals surface area (Å²) in [5.41, 5.74) is 1.65. The minimum Gasteiger partial charge on any atom is -0.493 e. The van der Waals surface area contributed by atoms with Gasteiger partial charge >= 0.3 is 5.97 Å². The van der Waals surface area contributed by atoms with Gasteiger partial charge in [-0.1, -0.05) is 66.4 Å². The van der Waals surface area contributed by atoms with Gasteiger partial charge in [0.05, 0.1) is 11.5 Å². The lowest BCUT2D eigenvalue weighted by Crippen LogP contribution is -2.45. The van der Waals surface area contributed by atoms with Crippen molar-refractivity contribution in [3.8, 4) is 5.75 Å². The largest absolute Gasteiger partial charge is 0.493 e. The van der Waals surface area contributed by atoms with Gasteiger partial charge < -0.3 is 9.84 Å². The minimum atomic E-state index is -1.08. The maximum absolute atomic E-state index is 13.0. The van der Waals surface area contributed by atoms with Crippen molar-refractivity contribution in [3.05, 3.63) is 70.6 Å². The molecule has 1 N–H and O–H groups in total. The molecule has 0 unspecified atom stereocenters. The summed E-state index contributed by atoms with van der Waals surface area (Å²) in [5.74, 6) is -0.0365. The highest BCUT2D eigenvalue weighted by atomic mass is 32.2. The standard InChI is InChI=1S/C23H21NO4S2/c25-21-20(13-17-7-4-8-18(11-17)28-14-16-9-10-16)30-23(29)24(21)19(22(26)27)12-15-5-2-1-3-6-15/h1-8,11,13,16,19H,9-10,12,14H2,(H,26,27)/b20-13-/t19-/m0/s1. The molecule has 4 rings (SSSR count). The average molecular weight is 440 g/mol. The molecule has 1 atom stereocenters. The van der Waals surface area contributed by atoms with E-state index in [1.807, 2.05) is 54.6 Å². The number of hydrogen-bond donors (Lipinski definition) is 1. The first kappa shape index (κ1) is 20.6. The summed E-state index contributed by atoms with van der Waals surface area (Å²) in [6, 6.07) is 15.7. The molecule has 2 aromatic carbocycles. The van der Waals surface area contributed by atoms with Gasteiger partial charge in [0.15, 0.2) is 0 Å². The van der Waals surface area contributed by atoms with E-state index >= 15 is 0 Å². The van der Waals surface area contributed by atoms with Crippen LogP contribution >= 0.6 is 24.0 Å². The van der Waals surface area contributed by atoms with Crippen LogP contribution in [0.25, 0.3) is 6.08 Å². The molecule has 30 heavy (non-hydrogen) atoms. The predicted molar refractivity (Wildman–Crippen MR) is 121 cm³/mol. The molecule has 1 aliphatic heterocycles. The molecule has 154 valence electrons. The monoisotopic (exact) mass is 439 g/mol. The molecule has 1 heterocycles. The maximum Gasteiger partial charge on any atom is 0.327 e. The van der Waals surface area contributed by atoms with Gasteiger partial charge in [-0.15, -0.1) is 0 Å². The number of carbonyl (C=O) groups excluding carboxylic acids is 1. The van der Waals surface area contributed by atoms with E-state index in [1.165, 1.54) is 17.7 Å². The lowest BCUT2D eigenvalue weighted by atomic mass is 10.0. The van der Waals surface area contributed by atoms with E-state index in [2.05, 4.69) is 0 Å². The summed E-state index contributed by atoms with van der Waals surface area (Å²) in [5, 5.41) is 9.75. The van der Waals surface area contributed by atoms with Crippen molar-refractivity contribution >= 4 is 46.3 Å². The van der Waals surface area contributed by atoms with Crippen molar-refractivity contribution in [1.29, 1.82) is 0 Å². The molecule has 0 aromatic heterocycles. The molecule has 1 saturated heterocycles. The molecular weight excluding hydrogens is 418 g/mol. The van der Waals surface area contributed by atoms with Crippen LogP contribution in [-0.4, -0.2) is 38.9 Å². The van der Waals surface area contributed by atoms with E-state index in [1.54, 1.807) is 6.08 Å². The lowest BCUT2D eigenvalue weighted by Gasteiger charge is -2.23. The third-order valence-electron chi connectivity index (χ3n) is 5.03. The smallest absolute Gasteiger partial charge is 0.327 e. The summed E-state index contributed by atoms with van der Waals surface area (Å²) in [7, 11) is 0. The number of carboxylic acid groups (broad SMARTS) is 1. The second kappa shape index (κ2) is 9.02. The van der Waals surface area contributed by atoms with E-state index < -0.39 is 12.0 Å². The average Bonchev–Trinajstić information content (AvgIpc) is 3.52. The second-order valence-electron chi connectivity index (χ2n) is 7.42. The topological polar surface area (TPSA) is 66.8 Å². The number of carboxylic acids is 1. The Morgan fingerprint density at radius 3 is 2.70 bits per heavy atom. The van der Waals surface area contributed by atoms with Crippen LogP contribution in [0.5, 0.6) is 5.75 Å².